The van der Waals surface area contributed by atoms with Crippen LogP contribution in [0.25, 0.3) is 0 Å². The quantitative estimate of drug-likeness (QED) is 0.105. The molecule has 0 aromatic heterocycles. The first kappa shape index (κ1) is 27.9. The third kappa shape index (κ3) is 11.1. The van der Waals surface area contributed by atoms with Crippen molar-refractivity contribution in [1.82, 2.24) is 0 Å². The molecule has 4 atom stereocenters. The molecule has 2 rings (SSSR count). The number of esters is 2. The second-order valence-corrected chi connectivity index (χ2v) is 10.4. The van der Waals surface area contributed by atoms with Gasteiger partial charge in [-0.1, -0.05) is 103 Å². The Labute approximate surface area is 203 Å². The van der Waals surface area contributed by atoms with Gasteiger partial charge in [0.05, 0.1) is 13.2 Å². The van der Waals surface area contributed by atoms with Crippen molar-refractivity contribution in [2.75, 3.05) is 13.2 Å². The largest absolute Gasteiger partial charge is 0.465 e. The molecule has 0 saturated heterocycles. The van der Waals surface area contributed by atoms with Crippen LogP contribution in [0.4, 0.5) is 0 Å². The lowest BCUT2D eigenvalue weighted by Gasteiger charge is -2.27. The first-order chi connectivity index (χ1) is 16.2. The number of carbonyl (C=O) groups excluding carboxylic acids is 2. The molecule has 190 valence electrons. The van der Waals surface area contributed by atoms with Gasteiger partial charge in [-0.3, -0.25) is 9.59 Å². The van der Waals surface area contributed by atoms with E-state index < -0.39 is 0 Å². The Bertz CT molecular complexity index is 522. The summed E-state index contributed by atoms with van der Waals surface area (Å²) >= 11 is 0. The molecular formula is C29H50O4. The molecule has 4 nitrogen and oxygen atoms in total. The van der Waals surface area contributed by atoms with Gasteiger partial charge in [-0.05, 0) is 31.1 Å². The molecule has 2 aliphatic rings. The highest BCUT2D eigenvalue weighted by atomic mass is 16.5. The summed E-state index contributed by atoms with van der Waals surface area (Å²) in [4.78, 5) is 24.4. The third-order valence-electron chi connectivity index (χ3n) is 7.64. The second kappa shape index (κ2) is 17.2. The molecule has 2 bridgehead atoms. The summed E-state index contributed by atoms with van der Waals surface area (Å²) in [5.74, 6) is 1.39. The normalized spacial score (nSPS) is 23.2. The lowest BCUT2D eigenvalue weighted by molar-refractivity contribution is -0.150. The number of rotatable bonds is 20. The Hall–Kier alpha value is -1.32. The van der Waals surface area contributed by atoms with E-state index in [0.717, 1.165) is 32.1 Å². The minimum absolute atomic E-state index is 0.0648. The molecule has 4 unspecified atom stereocenters. The van der Waals surface area contributed by atoms with E-state index >= 15 is 0 Å². The fourth-order valence-corrected chi connectivity index (χ4v) is 5.50. The highest BCUT2D eigenvalue weighted by Crippen LogP contribution is 2.48. The van der Waals surface area contributed by atoms with Crippen molar-refractivity contribution in [1.29, 1.82) is 0 Å². The van der Waals surface area contributed by atoms with Gasteiger partial charge >= 0.3 is 11.9 Å². The lowest BCUT2D eigenvalue weighted by Crippen LogP contribution is -2.30. The maximum Gasteiger partial charge on any atom is 0.305 e. The molecule has 0 amide bonds. The van der Waals surface area contributed by atoms with Gasteiger partial charge in [0.2, 0.25) is 0 Å². The van der Waals surface area contributed by atoms with Crippen LogP contribution in [0, 0.1) is 23.7 Å². The van der Waals surface area contributed by atoms with Gasteiger partial charge in [0, 0.05) is 24.7 Å². The molecule has 0 aromatic rings. The first-order valence-electron chi connectivity index (χ1n) is 14.1. The topological polar surface area (TPSA) is 52.6 Å². The monoisotopic (exact) mass is 462 g/mol. The van der Waals surface area contributed by atoms with Crippen LogP contribution >= 0.6 is 0 Å². The van der Waals surface area contributed by atoms with Crippen LogP contribution in [0.5, 0.6) is 0 Å². The molecule has 4 heteroatoms. The number of unbranched alkanes of at least 4 members (excludes halogenated alkanes) is 12. The predicted octanol–water partition coefficient (Wildman–Crippen LogP) is 7.79. The molecule has 1 saturated carbocycles. The van der Waals surface area contributed by atoms with E-state index in [-0.39, 0.29) is 11.9 Å². The van der Waals surface area contributed by atoms with Crippen molar-refractivity contribution in [2.24, 2.45) is 23.7 Å². The van der Waals surface area contributed by atoms with Gasteiger partial charge in [-0.2, -0.15) is 0 Å². The summed E-state index contributed by atoms with van der Waals surface area (Å²) in [7, 11) is 0. The average Bonchev–Trinajstić information content (AvgIpc) is 3.42. The van der Waals surface area contributed by atoms with Crippen LogP contribution in [0.2, 0.25) is 0 Å². The molecular weight excluding hydrogens is 412 g/mol. The maximum absolute atomic E-state index is 12.2. The number of fused-ring (bicyclic) bond motifs is 2. The van der Waals surface area contributed by atoms with Crippen LogP contribution in [-0.2, 0) is 19.1 Å². The van der Waals surface area contributed by atoms with E-state index in [2.05, 4.69) is 26.0 Å². The van der Waals surface area contributed by atoms with Crippen LogP contribution in [-0.4, -0.2) is 25.2 Å². The minimum atomic E-state index is -0.0648. The van der Waals surface area contributed by atoms with Crippen molar-refractivity contribution in [3.05, 3.63) is 12.2 Å². The molecule has 33 heavy (non-hydrogen) atoms. The maximum atomic E-state index is 12.2. The summed E-state index contributed by atoms with van der Waals surface area (Å²) in [6.07, 6.45) is 23.6. The number of allylic oxidation sites excluding steroid dienone is 2. The van der Waals surface area contributed by atoms with Gasteiger partial charge < -0.3 is 9.47 Å². The van der Waals surface area contributed by atoms with Crippen LogP contribution < -0.4 is 0 Å². The second-order valence-electron chi connectivity index (χ2n) is 10.4. The summed E-state index contributed by atoms with van der Waals surface area (Å²) in [6, 6.07) is 0. The number of hydrogen-bond donors (Lipinski definition) is 0. The zero-order valence-corrected chi connectivity index (χ0v) is 21.5. The summed E-state index contributed by atoms with van der Waals surface area (Å²) in [6.45, 7) is 5.41. The zero-order chi connectivity index (χ0) is 23.7. The number of carbonyl (C=O) groups is 2. The molecule has 0 aromatic carbocycles. The summed E-state index contributed by atoms with van der Waals surface area (Å²) < 4.78 is 11.3. The van der Waals surface area contributed by atoms with E-state index in [4.69, 9.17) is 9.47 Å². The van der Waals surface area contributed by atoms with Gasteiger partial charge in [0.1, 0.15) is 0 Å². The van der Waals surface area contributed by atoms with Crippen molar-refractivity contribution in [3.63, 3.8) is 0 Å². The average molecular weight is 463 g/mol. The van der Waals surface area contributed by atoms with Gasteiger partial charge in [-0.15, -0.1) is 0 Å². The van der Waals surface area contributed by atoms with E-state index in [1.54, 1.807) is 0 Å². The van der Waals surface area contributed by atoms with Gasteiger partial charge in [0.25, 0.3) is 0 Å². The summed E-state index contributed by atoms with van der Waals surface area (Å²) in [5, 5.41) is 0. The van der Waals surface area contributed by atoms with E-state index in [0.29, 0.717) is 49.7 Å². The lowest BCUT2D eigenvalue weighted by atomic mass is 9.84. The van der Waals surface area contributed by atoms with Crippen molar-refractivity contribution in [2.45, 2.75) is 123 Å². The standard InChI is InChI=1S/C29H50O4/c1-3-5-7-9-11-13-15-17-28(30)32-22-26-24-19-20-25(21-24)27(26)23-33-29(31)18-16-14-12-10-8-6-4-2/h19-20,24-27H,3-18,21-23H2,1-2H3. The molecule has 2 aliphatic carbocycles. The minimum Gasteiger partial charge on any atom is -0.465 e. The molecule has 0 heterocycles. The van der Waals surface area contributed by atoms with Crippen LogP contribution in [0.3, 0.4) is 0 Å². The molecule has 0 N–H and O–H groups in total. The Morgan fingerprint density at radius 2 is 0.970 bits per heavy atom. The highest BCUT2D eigenvalue weighted by molar-refractivity contribution is 5.69. The van der Waals surface area contributed by atoms with Crippen molar-refractivity contribution < 1.29 is 19.1 Å². The first-order valence-corrected chi connectivity index (χ1v) is 14.1. The fourth-order valence-electron chi connectivity index (χ4n) is 5.50. The van der Waals surface area contributed by atoms with Crippen LogP contribution in [0.1, 0.15) is 123 Å². The van der Waals surface area contributed by atoms with E-state index in [1.165, 1.54) is 64.2 Å². The Morgan fingerprint density at radius 3 is 1.36 bits per heavy atom. The van der Waals surface area contributed by atoms with Crippen molar-refractivity contribution >= 4 is 11.9 Å². The zero-order valence-electron chi connectivity index (χ0n) is 21.5. The van der Waals surface area contributed by atoms with E-state index in [1.807, 2.05) is 0 Å². The van der Waals surface area contributed by atoms with Crippen molar-refractivity contribution in [3.8, 4) is 0 Å². The van der Waals surface area contributed by atoms with Crippen LogP contribution in [0.15, 0.2) is 12.2 Å². The SMILES string of the molecule is CCCCCCCCCC(=O)OCC1C2C=CC(C2)C1COC(=O)CCCCCCCCC. The van der Waals surface area contributed by atoms with Gasteiger partial charge in [0.15, 0.2) is 0 Å². The van der Waals surface area contributed by atoms with Gasteiger partial charge in [-0.25, -0.2) is 0 Å². The Kier molecular flexibility index (Phi) is 14.5. The fraction of sp³-hybridized carbons (Fsp3) is 0.862. The third-order valence-corrected chi connectivity index (χ3v) is 7.64. The molecule has 0 aliphatic heterocycles. The molecule has 0 spiro atoms. The smallest absolute Gasteiger partial charge is 0.305 e. The Morgan fingerprint density at radius 1 is 0.606 bits per heavy atom. The molecule has 1 fully saturated rings. The summed E-state index contributed by atoms with van der Waals surface area (Å²) in [5.41, 5.74) is 0. The predicted molar refractivity (Wildman–Crippen MR) is 135 cm³/mol. The molecule has 0 radical (unpaired) electrons. The van der Waals surface area contributed by atoms with E-state index in [9.17, 15) is 9.59 Å². The number of ether oxygens (including phenoxy) is 2. The highest BCUT2D eigenvalue weighted by Gasteiger charge is 2.45. The Balaban J connectivity index is 1.58. The number of hydrogen-bond acceptors (Lipinski definition) is 4.